The van der Waals surface area contributed by atoms with Gasteiger partial charge in [0.05, 0.1) is 0 Å². The summed E-state index contributed by atoms with van der Waals surface area (Å²) in [6, 6.07) is 2.93. The maximum absolute atomic E-state index is 12.9. The van der Waals surface area contributed by atoms with Crippen molar-refractivity contribution in [2.75, 3.05) is 5.43 Å². The molecule has 0 unspecified atom stereocenters. The number of carbonyl (C=O) groups excluding carboxylic acids is 2. The van der Waals surface area contributed by atoms with Crippen molar-refractivity contribution in [1.29, 1.82) is 0 Å². The van der Waals surface area contributed by atoms with Crippen LogP contribution in [0.25, 0.3) is 5.52 Å². The lowest BCUT2D eigenvalue weighted by Gasteiger charge is -2.18. The molecule has 0 bridgehead atoms. The van der Waals surface area contributed by atoms with Crippen molar-refractivity contribution in [2.45, 2.75) is 20.0 Å². The van der Waals surface area contributed by atoms with E-state index in [0.29, 0.717) is 5.01 Å². The third-order valence-corrected chi connectivity index (χ3v) is 3.47. The highest BCUT2D eigenvalue weighted by molar-refractivity contribution is 6.19. The van der Waals surface area contributed by atoms with Crippen LogP contribution in [0.15, 0.2) is 29.5 Å². The van der Waals surface area contributed by atoms with Crippen LogP contribution >= 0.6 is 0 Å². The Morgan fingerprint density at radius 1 is 1.13 bits per heavy atom. The molecule has 0 aromatic carbocycles. The van der Waals surface area contributed by atoms with Gasteiger partial charge in [0.2, 0.25) is 0 Å². The molecule has 0 radical (unpaired) electrons. The first-order chi connectivity index (χ1) is 10.7. The van der Waals surface area contributed by atoms with Gasteiger partial charge in [-0.05, 0) is 26.0 Å². The average Bonchev–Trinajstić information content (AvgIpc) is 3.02. The van der Waals surface area contributed by atoms with Gasteiger partial charge in [-0.1, -0.05) is 0 Å². The van der Waals surface area contributed by atoms with Gasteiger partial charge < -0.3 is 0 Å². The van der Waals surface area contributed by atoms with Gasteiger partial charge >= 0.3 is 6.18 Å². The van der Waals surface area contributed by atoms with Crippen molar-refractivity contribution in [3.8, 4) is 0 Å². The van der Waals surface area contributed by atoms with Gasteiger partial charge in [0.1, 0.15) is 5.52 Å². The molecule has 0 atom stereocenters. The van der Waals surface area contributed by atoms with Crippen molar-refractivity contribution in [1.82, 2.24) is 19.6 Å². The van der Waals surface area contributed by atoms with Crippen LogP contribution in [0.5, 0.6) is 0 Å². The number of carbonyl (C=O) groups is 2. The normalized spacial score (nSPS) is 16.0. The summed E-state index contributed by atoms with van der Waals surface area (Å²) in [5.74, 6) is -2.94. The number of fused-ring (bicyclic) bond motifs is 1. The van der Waals surface area contributed by atoms with Gasteiger partial charge in [0, 0.05) is 17.3 Å². The van der Waals surface area contributed by atoms with E-state index in [4.69, 9.17) is 0 Å². The molecular formula is C13H10F3N5O2. The Hall–Kier alpha value is -2.91. The molecule has 1 N–H and O–H groups in total. The SMILES string of the molecule is CC1=C(C)C(=O)N(Nc2nc(C(F)(F)F)nn3cccc23)C1=O. The van der Waals surface area contributed by atoms with E-state index in [-0.39, 0.29) is 22.5 Å². The number of aromatic nitrogens is 3. The number of anilines is 1. The molecule has 10 heteroatoms. The topological polar surface area (TPSA) is 79.6 Å². The number of nitrogens with one attached hydrogen (secondary N) is 1. The summed E-state index contributed by atoms with van der Waals surface area (Å²) in [6.45, 7) is 2.93. The predicted molar refractivity (Wildman–Crippen MR) is 71.8 cm³/mol. The minimum Gasteiger partial charge on any atom is -0.270 e. The smallest absolute Gasteiger partial charge is 0.270 e. The third kappa shape index (κ3) is 2.31. The van der Waals surface area contributed by atoms with Crippen LogP contribution in [-0.4, -0.2) is 31.4 Å². The number of amides is 2. The van der Waals surface area contributed by atoms with Crippen molar-refractivity contribution < 1.29 is 22.8 Å². The Morgan fingerprint density at radius 3 is 2.30 bits per heavy atom. The van der Waals surface area contributed by atoms with Gasteiger partial charge in [-0.3, -0.25) is 15.0 Å². The first kappa shape index (κ1) is 15.0. The summed E-state index contributed by atoms with van der Waals surface area (Å²) < 4.78 is 39.6. The minimum absolute atomic E-state index is 0.195. The molecule has 0 saturated carbocycles. The number of nitrogens with zero attached hydrogens (tertiary/aromatic N) is 4. The molecule has 0 fully saturated rings. The van der Waals surface area contributed by atoms with Gasteiger partial charge in [0.15, 0.2) is 5.82 Å². The standard InChI is InChI=1S/C13H10F3N5O2/c1-6-7(2)11(23)21(10(6)22)18-9-8-4-3-5-20(8)19-12(17-9)13(14,15)16/h3-5H,1-2H3,(H,17,18,19). The molecule has 7 nitrogen and oxygen atoms in total. The van der Waals surface area contributed by atoms with Crippen LogP contribution < -0.4 is 5.43 Å². The molecule has 2 aromatic heterocycles. The molecule has 2 amide bonds. The molecule has 2 aromatic rings. The zero-order chi connectivity index (χ0) is 16.9. The Balaban J connectivity index is 2.05. The predicted octanol–water partition coefficient (Wildman–Crippen LogP) is 1.78. The van der Waals surface area contributed by atoms with Crippen LogP contribution in [0, 0.1) is 0 Å². The van der Waals surface area contributed by atoms with Gasteiger partial charge in [-0.15, -0.1) is 5.10 Å². The lowest BCUT2D eigenvalue weighted by atomic mass is 10.2. The Bertz CT molecular complexity index is 844. The van der Waals surface area contributed by atoms with Crippen LogP contribution in [-0.2, 0) is 15.8 Å². The Labute approximate surface area is 127 Å². The molecule has 1 aliphatic heterocycles. The van der Waals surface area contributed by atoms with E-state index in [1.165, 1.54) is 32.2 Å². The number of imide groups is 1. The number of hydrogen-bond donors (Lipinski definition) is 1. The first-order valence-corrected chi connectivity index (χ1v) is 6.45. The van der Waals surface area contributed by atoms with Gasteiger partial charge in [0.25, 0.3) is 17.6 Å². The van der Waals surface area contributed by atoms with Crippen LogP contribution in [0.4, 0.5) is 19.0 Å². The quantitative estimate of drug-likeness (QED) is 0.852. The number of halogens is 3. The fourth-order valence-electron chi connectivity index (χ4n) is 2.09. The molecule has 23 heavy (non-hydrogen) atoms. The van der Waals surface area contributed by atoms with Crippen LogP contribution in [0.2, 0.25) is 0 Å². The van der Waals surface area contributed by atoms with Crippen LogP contribution in [0.1, 0.15) is 19.7 Å². The molecule has 1 aliphatic rings. The number of hydrogen-bond acceptors (Lipinski definition) is 5. The second kappa shape index (κ2) is 4.80. The van der Waals surface area contributed by atoms with E-state index in [2.05, 4.69) is 15.5 Å². The molecule has 0 aliphatic carbocycles. The summed E-state index contributed by atoms with van der Waals surface area (Å²) in [4.78, 5) is 27.4. The van der Waals surface area contributed by atoms with E-state index in [9.17, 15) is 22.8 Å². The van der Waals surface area contributed by atoms with E-state index in [0.717, 1.165) is 4.52 Å². The molecule has 3 rings (SSSR count). The zero-order valence-corrected chi connectivity index (χ0v) is 12.0. The summed E-state index contributed by atoms with van der Waals surface area (Å²) in [5, 5.41) is 3.99. The van der Waals surface area contributed by atoms with Gasteiger partial charge in [-0.25, -0.2) is 9.50 Å². The number of alkyl halides is 3. The average molecular weight is 325 g/mol. The fraction of sp³-hybridized carbons (Fsp3) is 0.231. The molecule has 0 spiro atoms. The monoisotopic (exact) mass is 325 g/mol. The summed E-state index contributed by atoms with van der Waals surface area (Å²) in [6.07, 6.45) is -3.46. The number of hydrazine groups is 1. The maximum atomic E-state index is 12.9. The highest BCUT2D eigenvalue weighted by Gasteiger charge is 2.38. The molecular weight excluding hydrogens is 315 g/mol. The minimum atomic E-state index is -4.77. The van der Waals surface area contributed by atoms with E-state index < -0.39 is 23.8 Å². The lowest BCUT2D eigenvalue weighted by molar-refractivity contribution is -0.145. The van der Waals surface area contributed by atoms with Crippen LogP contribution in [0.3, 0.4) is 0 Å². The lowest BCUT2D eigenvalue weighted by Crippen LogP contribution is -2.37. The van der Waals surface area contributed by atoms with E-state index in [1.807, 2.05) is 0 Å². The number of rotatable bonds is 2. The third-order valence-electron chi connectivity index (χ3n) is 3.47. The second-order valence-electron chi connectivity index (χ2n) is 4.93. The first-order valence-electron chi connectivity index (χ1n) is 6.45. The van der Waals surface area contributed by atoms with E-state index >= 15 is 0 Å². The van der Waals surface area contributed by atoms with Crippen molar-refractivity contribution >= 4 is 23.1 Å². The largest absolute Gasteiger partial charge is 0.453 e. The van der Waals surface area contributed by atoms with Crippen molar-refractivity contribution in [3.63, 3.8) is 0 Å². The Morgan fingerprint density at radius 2 is 1.74 bits per heavy atom. The summed E-state index contributed by atoms with van der Waals surface area (Å²) in [7, 11) is 0. The summed E-state index contributed by atoms with van der Waals surface area (Å²) >= 11 is 0. The highest BCUT2D eigenvalue weighted by atomic mass is 19.4. The highest BCUT2D eigenvalue weighted by Crippen LogP contribution is 2.29. The fourth-order valence-corrected chi connectivity index (χ4v) is 2.09. The summed E-state index contributed by atoms with van der Waals surface area (Å²) in [5.41, 5.74) is 3.00. The van der Waals surface area contributed by atoms with E-state index in [1.54, 1.807) is 0 Å². The van der Waals surface area contributed by atoms with Gasteiger partial charge in [-0.2, -0.15) is 18.2 Å². The maximum Gasteiger partial charge on any atom is 0.453 e. The van der Waals surface area contributed by atoms with Crippen molar-refractivity contribution in [3.05, 3.63) is 35.3 Å². The molecule has 120 valence electrons. The van der Waals surface area contributed by atoms with Crippen molar-refractivity contribution in [2.24, 2.45) is 0 Å². The second-order valence-corrected chi connectivity index (χ2v) is 4.93. The Kier molecular flexibility index (Phi) is 3.13. The molecule has 0 saturated heterocycles. The molecule has 3 heterocycles. The zero-order valence-electron chi connectivity index (χ0n) is 12.0.